The number of hydrogen-bond donors (Lipinski definition) is 0. The second-order valence-corrected chi connectivity index (χ2v) is 7.91. The monoisotopic (exact) mass is 399 g/mol. The molecule has 1 aromatic carbocycles. The predicted octanol–water partition coefficient (Wildman–Crippen LogP) is 3.61. The van der Waals surface area contributed by atoms with Gasteiger partial charge in [0.2, 0.25) is 0 Å². The number of nitrogens with zero attached hydrogens (tertiary/aromatic N) is 3. The van der Waals surface area contributed by atoms with Crippen molar-refractivity contribution in [2.24, 2.45) is 5.41 Å². The molecule has 6 heteroatoms. The quantitative estimate of drug-likeness (QED) is 0.635. The van der Waals surface area contributed by atoms with Crippen LogP contribution in [-0.2, 0) is 29.0 Å². The number of carbonyl (C=O) groups excluding carboxylic acids is 1. The van der Waals surface area contributed by atoms with Crippen molar-refractivity contribution in [2.75, 3.05) is 26.8 Å². The molecular weight excluding hydrogens is 366 g/mol. The molecule has 0 bridgehead atoms. The molecule has 3 rings (SSSR count). The fourth-order valence-corrected chi connectivity index (χ4v) is 4.40. The highest BCUT2D eigenvalue weighted by Gasteiger charge is 2.43. The van der Waals surface area contributed by atoms with Crippen molar-refractivity contribution in [3.8, 4) is 5.75 Å². The highest BCUT2D eigenvalue weighted by Crippen LogP contribution is 2.36. The minimum Gasteiger partial charge on any atom is -0.497 e. The van der Waals surface area contributed by atoms with Crippen LogP contribution < -0.4 is 4.74 Å². The van der Waals surface area contributed by atoms with E-state index in [1.165, 1.54) is 11.3 Å². The van der Waals surface area contributed by atoms with E-state index in [1.54, 1.807) is 7.11 Å². The van der Waals surface area contributed by atoms with Crippen LogP contribution in [0, 0.1) is 12.3 Å². The number of carbonyl (C=O) groups is 1. The third kappa shape index (κ3) is 4.81. The lowest BCUT2D eigenvalue weighted by atomic mass is 9.75. The normalized spacial score (nSPS) is 19.9. The molecule has 0 spiro atoms. The molecule has 2 heterocycles. The molecule has 0 radical (unpaired) electrons. The maximum absolute atomic E-state index is 13.1. The number of ether oxygens (including phenoxy) is 2. The van der Waals surface area contributed by atoms with Crippen LogP contribution >= 0.6 is 0 Å². The van der Waals surface area contributed by atoms with Crippen molar-refractivity contribution in [3.05, 3.63) is 47.3 Å². The van der Waals surface area contributed by atoms with Gasteiger partial charge in [-0.05, 0) is 64.3 Å². The first kappa shape index (κ1) is 21.4. The molecule has 6 nitrogen and oxygen atoms in total. The van der Waals surface area contributed by atoms with E-state index in [0.717, 1.165) is 43.8 Å². The number of benzene rings is 1. The molecule has 1 saturated heterocycles. The lowest BCUT2D eigenvalue weighted by Gasteiger charge is -2.41. The molecule has 1 aliphatic rings. The van der Waals surface area contributed by atoms with Gasteiger partial charge in [0.05, 0.1) is 25.3 Å². The Morgan fingerprint density at radius 3 is 2.83 bits per heavy atom. The zero-order valence-electron chi connectivity index (χ0n) is 18.1. The van der Waals surface area contributed by atoms with Crippen LogP contribution in [0.2, 0.25) is 0 Å². The van der Waals surface area contributed by atoms with Gasteiger partial charge in [-0.1, -0.05) is 12.1 Å². The molecule has 0 saturated carbocycles. The summed E-state index contributed by atoms with van der Waals surface area (Å²) in [5.74, 6) is 0.727. The van der Waals surface area contributed by atoms with Gasteiger partial charge in [-0.2, -0.15) is 5.10 Å². The smallest absolute Gasteiger partial charge is 0.313 e. The third-order valence-corrected chi connectivity index (χ3v) is 5.94. The van der Waals surface area contributed by atoms with Gasteiger partial charge in [0, 0.05) is 30.9 Å². The van der Waals surface area contributed by atoms with E-state index in [4.69, 9.17) is 9.47 Å². The van der Waals surface area contributed by atoms with E-state index in [-0.39, 0.29) is 5.97 Å². The van der Waals surface area contributed by atoms with E-state index < -0.39 is 5.41 Å². The summed E-state index contributed by atoms with van der Waals surface area (Å²) >= 11 is 0. The van der Waals surface area contributed by atoms with Crippen molar-refractivity contribution in [3.63, 3.8) is 0 Å². The number of piperidine rings is 1. The van der Waals surface area contributed by atoms with Crippen LogP contribution in [-0.4, -0.2) is 47.5 Å². The average molecular weight is 400 g/mol. The summed E-state index contributed by atoms with van der Waals surface area (Å²) in [4.78, 5) is 15.5. The largest absolute Gasteiger partial charge is 0.497 e. The minimum atomic E-state index is -0.532. The fraction of sp³-hybridized carbons (Fsp3) is 0.565. The average Bonchev–Trinajstić information content (AvgIpc) is 3.08. The van der Waals surface area contributed by atoms with Gasteiger partial charge < -0.3 is 9.47 Å². The maximum atomic E-state index is 13.1. The van der Waals surface area contributed by atoms with Crippen molar-refractivity contribution < 1.29 is 14.3 Å². The number of rotatable bonds is 8. The highest BCUT2D eigenvalue weighted by molar-refractivity contribution is 5.78. The molecule has 2 aromatic rings. The first-order valence-corrected chi connectivity index (χ1v) is 10.5. The van der Waals surface area contributed by atoms with Gasteiger partial charge in [-0.25, -0.2) is 0 Å². The van der Waals surface area contributed by atoms with Gasteiger partial charge in [-0.3, -0.25) is 14.4 Å². The first-order chi connectivity index (χ1) is 14.0. The molecule has 1 aromatic heterocycles. The molecule has 1 aliphatic heterocycles. The van der Waals surface area contributed by atoms with Crippen molar-refractivity contribution in [1.82, 2.24) is 14.7 Å². The summed E-state index contributed by atoms with van der Waals surface area (Å²) in [6.07, 6.45) is 4.44. The summed E-state index contributed by atoms with van der Waals surface area (Å²) in [5, 5.41) is 4.47. The van der Waals surface area contributed by atoms with Gasteiger partial charge >= 0.3 is 5.97 Å². The van der Waals surface area contributed by atoms with E-state index in [9.17, 15) is 4.79 Å². The highest BCUT2D eigenvalue weighted by atomic mass is 16.5. The Labute approximate surface area is 173 Å². The van der Waals surface area contributed by atoms with Crippen molar-refractivity contribution in [1.29, 1.82) is 0 Å². The molecule has 0 N–H and O–H groups in total. The van der Waals surface area contributed by atoms with E-state index >= 15 is 0 Å². The fourth-order valence-electron chi connectivity index (χ4n) is 4.40. The van der Waals surface area contributed by atoms with Gasteiger partial charge in [0.25, 0.3) is 0 Å². The van der Waals surface area contributed by atoms with Gasteiger partial charge in [0.15, 0.2) is 0 Å². The second-order valence-electron chi connectivity index (χ2n) is 7.91. The Bertz CT molecular complexity index is 833. The van der Waals surface area contributed by atoms with Crippen LogP contribution in [0.25, 0.3) is 0 Å². The topological polar surface area (TPSA) is 56.6 Å². The minimum absolute atomic E-state index is 0.0894. The number of likely N-dealkylation sites (tertiary alicyclic amines) is 1. The lowest BCUT2D eigenvalue weighted by molar-refractivity contribution is -0.159. The lowest BCUT2D eigenvalue weighted by Crippen LogP contribution is -2.49. The summed E-state index contributed by atoms with van der Waals surface area (Å²) in [6.45, 7) is 9.85. The summed E-state index contributed by atoms with van der Waals surface area (Å²) in [5.41, 5.74) is 3.00. The Hall–Kier alpha value is -2.34. The zero-order chi connectivity index (χ0) is 20.9. The van der Waals surface area contributed by atoms with Crippen molar-refractivity contribution >= 4 is 5.97 Å². The molecule has 1 fully saturated rings. The third-order valence-electron chi connectivity index (χ3n) is 5.94. The Morgan fingerprint density at radius 1 is 1.31 bits per heavy atom. The Kier molecular flexibility index (Phi) is 6.96. The molecule has 0 amide bonds. The SMILES string of the molecule is CCOC(=O)[C@]1(Cc2cccc(OC)c2)CCCN(Cc2cnn(CC)c2C)C1. The second kappa shape index (κ2) is 9.44. The molecule has 0 unspecified atom stereocenters. The van der Waals surface area contributed by atoms with Crippen LogP contribution in [0.5, 0.6) is 5.75 Å². The van der Waals surface area contributed by atoms with Gasteiger partial charge in [0.1, 0.15) is 5.75 Å². The van der Waals surface area contributed by atoms with Crippen LogP contribution in [0.1, 0.15) is 43.5 Å². The molecular formula is C23H33N3O3. The maximum Gasteiger partial charge on any atom is 0.313 e. The van der Waals surface area contributed by atoms with Crippen LogP contribution in [0.3, 0.4) is 0 Å². The number of aryl methyl sites for hydroxylation is 1. The summed E-state index contributed by atoms with van der Waals surface area (Å²) < 4.78 is 12.9. The first-order valence-electron chi connectivity index (χ1n) is 10.5. The van der Waals surface area contributed by atoms with Crippen LogP contribution in [0.4, 0.5) is 0 Å². The number of methoxy groups -OCH3 is 1. The molecule has 0 aliphatic carbocycles. The Balaban J connectivity index is 1.83. The molecule has 1 atom stereocenters. The van der Waals surface area contributed by atoms with Gasteiger partial charge in [-0.15, -0.1) is 0 Å². The summed E-state index contributed by atoms with van der Waals surface area (Å²) in [6, 6.07) is 8.01. The number of aromatic nitrogens is 2. The summed E-state index contributed by atoms with van der Waals surface area (Å²) in [7, 11) is 1.67. The van der Waals surface area contributed by atoms with E-state index in [2.05, 4.69) is 29.9 Å². The van der Waals surface area contributed by atoms with E-state index in [0.29, 0.717) is 19.6 Å². The van der Waals surface area contributed by atoms with Crippen molar-refractivity contribution in [2.45, 2.75) is 53.1 Å². The number of esters is 1. The Morgan fingerprint density at radius 2 is 2.14 bits per heavy atom. The molecule has 158 valence electrons. The standard InChI is InChI=1S/C23H33N3O3/c1-5-26-18(3)20(15-24-26)16-25-12-8-11-23(17-25,22(27)29-6-2)14-19-9-7-10-21(13-19)28-4/h7,9-10,13,15H,5-6,8,11-12,14,16-17H2,1-4H3/t23-/m0/s1. The van der Waals surface area contributed by atoms with E-state index in [1.807, 2.05) is 36.0 Å². The number of hydrogen-bond acceptors (Lipinski definition) is 5. The van der Waals surface area contributed by atoms with Crippen LogP contribution in [0.15, 0.2) is 30.5 Å². The zero-order valence-corrected chi connectivity index (χ0v) is 18.1. The predicted molar refractivity (Wildman–Crippen MR) is 113 cm³/mol. The molecule has 29 heavy (non-hydrogen) atoms.